The van der Waals surface area contributed by atoms with E-state index in [0.29, 0.717) is 24.0 Å². The van der Waals surface area contributed by atoms with E-state index in [2.05, 4.69) is 26.1 Å². The number of fused-ring (bicyclic) bond motifs is 2. The second kappa shape index (κ2) is 4.07. The van der Waals surface area contributed by atoms with Crippen molar-refractivity contribution >= 4 is 11.7 Å². The molecule has 0 heterocycles. The van der Waals surface area contributed by atoms with Gasteiger partial charge in [0, 0.05) is 24.8 Å². The van der Waals surface area contributed by atoms with Gasteiger partial charge in [0.25, 0.3) is 0 Å². The summed E-state index contributed by atoms with van der Waals surface area (Å²) in [4.78, 5) is 23.8. The molecule has 0 aliphatic heterocycles. The molecular formula is C15H25NO2. The van der Waals surface area contributed by atoms with Gasteiger partial charge in [0.15, 0.2) is 0 Å². The average Bonchev–Trinajstić information content (AvgIpc) is 2.35. The zero-order valence-electron chi connectivity index (χ0n) is 12.2. The minimum absolute atomic E-state index is 0.0334. The van der Waals surface area contributed by atoms with Crippen LogP contribution in [0.25, 0.3) is 0 Å². The fourth-order valence-corrected chi connectivity index (χ4v) is 4.11. The first-order valence-electron chi connectivity index (χ1n) is 6.97. The highest BCUT2D eigenvalue weighted by molar-refractivity contribution is 5.84. The summed E-state index contributed by atoms with van der Waals surface area (Å²) >= 11 is 0. The quantitative estimate of drug-likeness (QED) is 0.778. The van der Waals surface area contributed by atoms with Crippen LogP contribution in [-0.2, 0) is 9.59 Å². The Balaban J connectivity index is 2.29. The summed E-state index contributed by atoms with van der Waals surface area (Å²) in [6.07, 6.45) is 2.42. The molecule has 1 N–H and O–H groups in total. The zero-order chi connectivity index (χ0) is 13.7. The first kappa shape index (κ1) is 13.6. The minimum Gasteiger partial charge on any atom is -0.351 e. The molecule has 3 heteroatoms. The normalized spacial score (nSPS) is 42.5. The standard InChI is InChI=1S/C15H25NO2/c1-9-12-6-11(14(9,3)4)7-15(5,8-13(12)18)16-10(2)17/h9,11-12H,6-8H2,1-5H3,(H,16,17)/t9-,11+,12+,15-/m0/s1. The van der Waals surface area contributed by atoms with Crippen molar-refractivity contribution in [3.8, 4) is 0 Å². The first-order valence-corrected chi connectivity index (χ1v) is 6.97. The van der Waals surface area contributed by atoms with Crippen LogP contribution in [-0.4, -0.2) is 17.2 Å². The highest BCUT2D eigenvalue weighted by Gasteiger charge is 2.54. The van der Waals surface area contributed by atoms with Gasteiger partial charge >= 0.3 is 0 Å². The van der Waals surface area contributed by atoms with Gasteiger partial charge in [-0.15, -0.1) is 0 Å². The van der Waals surface area contributed by atoms with Gasteiger partial charge in [-0.1, -0.05) is 20.8 Å². The lowest BCUT2D eigenvalue weighted by Crippen LogP contribution is -2.49. The summed E-state index contributed by atoms with van der Waals surface area (Å²) in [5, 5.41) is 3.01. The molecule has 1 amide bonds. The molecule has 0 aromatic rings. The van der Waals surface area contributed by atoms with Gasteiger partial charge in [0.1, 0.15) is 5.78 Å². The van der Waals surface area contributed by atoms with Gasteiger partial charge in [-0.2, -0.15) is 0 Å². The van der Waals surface area contributed by atoms with E-state index in [-0.39, 0.29) is 22.8 Å². The van der Waals surface area contributed by atoms with E-state index >= 15 is 0 Å². The van der Waals surface area contributed by atoms with Crippen LogP contribution in [0.5, 0.6) is 0 Å². The fraction of sp³-hybridized carbons (Fsp3) is 0.867. The van der Waals surface area contributed by atoms with Crippen molar-refractivity contribution in [3.05, 3.63) is 0 Å². The van der Waals surface area contributed by atoms with E-state index in [1.807, 2.05) is 6.92 Å². The van der Waals surface area contributed by atoms with Gasteiger partial charge in [-0.05, 0) is 37.0 Å². The number of amides is 1. The smallest absolute Gasteiger partial charge is 0.217 e. The van der Waals surface area contributed by atoms with Crippen molar-refractivity contribution in [2.75, 3.05) is 0 Å². The molecule has 2 bridgehead atoms. The molecule has 0 aromatic carbocycles. The summed E-state index contributed by atoms with van der Waals surface area (Å²) in [6.45, 7) is 10.3. The van der Waals surface area contributed by atoms with E-state index in [0.717, 1.165) is 12.8 Å². The molecular weight excluding hydrogens is 226 g/mol. The number of carbonyl (C=O) groups is 2. The van der Waals surface area contributed by atoms with Crippen molar-refractivity contribution in [3.63, 3.8) is 0 Å². The van der Waals surface area contributed by atoms with E-state index in [1.165, 1.54) is 6.92 Å². The molecule has 2 aliphatic carbocycles. The molecule has 3 nitrogen and oxygen atoms in total. The maximum Gasteiger partial charge on any atom is 0.217 e. The lowest BCUT2D eigenvalue weighted by atomic mass is 9.68. The maximum absolute atomic E-state index is 12.4. The van der Waals surface area contributed by atoms with Crippen molar-refractivity contribution < 1.29 is 9.59 Å². The predicted molar refractivity (Wildman–Crippen MR) is 71.0 cm³/mol. The lowest BCUT2D eigenvalue weighted by molar-refractivity contribution is -0.127. The van der Waals surface area contributed by atoms with Gasteiger partial charge in [0.05, 0.1) is 0 Å². The minimum atomic E-state index is -0.347. The molecule has 0 aromatic heterocycles. The van der Waals surface area contributed by atoms with Crippen LogP contribution in [0.2, 0.25) is 0 Å². The van der Waals surface area contributed by atoms with Crippen LogP contribution < -0.4 is 5.32 Å². The summed E-state index contributed by atoms with van der Waals surface area (Å²) in [5.41, 5.74) is -0.153. The summed E-state index contributed by atoms with van der Waals surface area (Å²) in [5.74, 6) is 1.49. The van der Waals surface area contributed by atoms with Crippen molar-refractivity contribution in [2.45, 2.75) is 59.4 Å². The van der Waals surface area contributed by atoms with Gasteiger partial charge < -0.3 is 5.32 Å². The molecule has 2 fully saturated rings. The van der Waals surface area contributed by atoms with Gasteiger partial charge in [-0.3, -0.25) is 9.59 Å². The number of hydrogen-bond donors (Lipinski definition) is 1. The topological polar surface area (TPSA) is 46.2 Å². The number of nitrogens with one attached hydrogen (secondary N) is 1. The molecule has 2 aliphatic rings. The maximum atomic E-state index is 12.4. The van der Waals surface area contributed by atoms with Crippen molar-refractivity contribution in [1.29, 1.82) is 0 Å². The molecule has 0 radical (unpaired) electrons. The van der Waals surface area contributed by atoms with E-state index in [9.17, 15) is 9.59 Å². The SMILES string of the molecule is CC(=O)N[C@]1(C)CC(=O)[C@@H]2C[C@H](C1)C(C)(C)[C@H]2C. The molecule has 2 saturated carbocycles. The lowest BCUT2D eigenvalue weighted by Gasteiger charge is -2.40. The Bertz CT molecular complexity index is 388. The Labute approximate surface area is 110 Å². The van der Waals surface area contributed by atoms with Crippen LogP contribution in [0.3, 0.4) is 0 Å². The number of ketones is 1. The number of hydrogen-bond acceptors (Lipinski definition) is 2. The van der Waals surface area contributed by atoms with Gasteiger partial charge in [-0.25, -0.2) is 0 Å². The second-order valence-electron chi connectivity index (χ2n) is 7.24. The third-order valence-corrected chi connectivity index (χ3v) is 5.52. The van der Waals surface area contributed by atoms with Crippen LogP contribution >= 0.6 is 0 Å². The van der Waals surface area contributed by atoms with E-state index in [1.54, 1.807) is 0 Å². The molecule has 2 rings (SSSR count). The Morgan fingerprint density at radius 2 is 1.94 bits per heavy atom. The third kappa shape index (κ3) is 2.08. The van der Waals surface area contributed by atoms with E-state index in [4.69, 9.17) is 0 Å². The fourth-order valence-electron chi connectivity index (χ4n) is 4.11. The largest absolute Gasteiger partial charge is 0.351 e. The highest BCUT2D eigenvalue weighted by Crippen LogP contribution is 2.56. The molecule has 102 valence electrons. The Kier molecular flexibility index (Phi) is 3.07. The second-order valence-corrected chi connectivity index (χ2v) is 7.24. The first-order chi connectivity index (χ1) is 8.16. The molecule has 0 spiro atoms. The number of Topliss-reactive ketones (excluding diaryl/α,β-unsaturated/α-hetero) is 1. The number of rotatable bonds is 1. The summed E-state index contributed by atoms with van der Waals surface area (Å²) < 4.78 is 0. The van der Waals surface area contributed by atoms with Crippen LogP contribution in [0.4, 0.5) is 0 Å². The van der Waals surface area contributed by atoms with Crippen LogP contribution in [0.1, 0.15) is 53.9 Å². The summed E-state index contributed by atoms with van der Waals surface area (Å²) in [6, 6.07) is 0. The average molecular weight is 251 g/mol. The predicted octanol–water partition coefficient (Wildman–Crippen LogP) is 2.54. The Hall–Kier alpha value is -0.860. The van der Waals surface area contributed by atoms with Crippen molar-refractivity contribution in [2.24, 2.45) is 23.2 Å². The number of carbonyl (C=O) groups excluding carboxylic acids is 2. The molecule has 18 heavy (non-hydrogen) atoms. The molecule has 0 unspecified atom stereocenters. The summed E-state index contributed by atoms with van der Waals surface area (Å²) in [7, 11) is 0. The zero-order valence-corrected chi connectivity index (χ0v) is 12.2. The highest BCUT2D eigenvalue weighted by atomic mass is 16.1. The van der Waals surface area contributed by atoms with Crippen LogP contribution in [0, 0.1) is 23.2 Å². The Morgan fingerprint density at radius 1 is 1.33 bits per heavy atom. The molecule has 4 atom stereocenters. The van der Waals surface area contributed by atoms with Crippen LogP contribution in [0.15, 0.2) is 0 Å². The van der Waals surface area contributed by atoms with E-state index < -0.39 is 0 Å². The van der Waals surface area contributed by atoms with Crippen molar-refractivity contribution in [1.82, 2.24) is 5.32 Å². The van der Waals surface area contributed by atoms with Gasteiger partial charge in [0.2, 0.25) is 5.91 Å². The third-order valence-electron chi connectivity index (χ3n) is 5.52. The Morgan fingerprint density at radius 3 is 2.50 bits per heavy atom. The molecule has 0 saturated heterocycles. The monoisotopic (exact) mass is 251 g/mol.